The molecule has 1 fully saturated rings. The second kappa shape index (κ2) is 7.09. The summed E-state index contributed by atoms with van der Waals surface area (Å²) < 4.78 is 5.30. The Kier molecular flexibility index (Phi) is 4.90. The van der Waals surface area contributed by atoms with Crippen molar-refractivity contribution < 1.29 is 9.21 Å². The summed E-state index contributed by atoms with van der Waals surface area (Å²) in [6, 6.07) is 12.6. The average molecular weight is 327 g/mol. The van der Waals surface area contributed by atoms with Crippen molar-refractivity contribution in [2.45, 2.75) is 32.0 Å². The number of carbonyl (C=O) groups excluding carboxylic acids is 1. The Balaban J connectivity index is 1.65. The minimum Gasteiger partial charge on any atom is -0.469 e. The maximum Gasteiger partial charge on any atom is 0.317 e. The topological polar surface area (TPSA) is 48.7 Å². The van der Waals surface area contributed by atoms with Gasteiger partial charge in [-0.15, -0.1) is 0 Å². The second-order valence-corrected chi connectivity index (χ2v) is 6.54. The largest absolute Gasteiger partial charge is 0.469 e. The third kappa shape index (κ3) is 3.46. The fourth-order valence-corrected chi connectivity index (χ4v) is 3.41. The fourth-order valence-electron chi connectivity index (χ4n) is 3.41. The van der Waals surface area contributed by atoms with Gasteiger partial charge < -0.3 is 14.6 Å². The lowest BCUT2D eigenvalue weighted by atomic mass is 10.0. The lowest BCUT2D eigenvalue weighted by Gasteiger charge is -2.28. The van der Waals surface area contributed by atoms with Gasteiger partial charge in [0.05, 0.1) is 24.9 Å². The highest BCUT2D eigenvalue weighted by molar-refractivity contribution is 5.74. The van der Waals surface area contributed by atoms with Gasteiger partial charge in [-0.25, -0.2) is 4.79 Å². The van der Waals surface area contributed by atoms with Gasteiger partial charge in [-0.1, -0.05) is 30.3 Å². The van der Waals surface area contributed by atoms with E-state index in [-0.39, 0.29) is 18.1 Å². The maximum atomic E-state index is 12.6. The molecule has 24 heavy (non-hydrogen) atoms. The van der Waals surface area contributed by atoms with E-state index in [0.717, 1.165) is 24.3 Å². The molecule has 1 saturated heterocycles. The molecule has 0 bridgehead atoms. The summed E-state index contributed by atoms with van der Waals surface area (Å²) >= 11 is 0. The molecule has 0 aliphatic carbocycles. The van der Waals surface area contributed by atoms with E-state index in [4.69, 9.17) is 4.42 Å². The molecule has 1 aromatic heterocycles. The number of amides is 2. The molecular formula is C19H25N3O2. The van der Waals surface area contributed by atoms with Crippen molar-refractivity contribution >= 4 is 6.03 Å². The molecule has 2 heterocycles. The van der Waals surface area contributed by atoms with E-state index in [1.165, 1.54) is 5.56 Å². The number of nitrogens with one attached hydrogen (secondary N) is 1. The zero-order valence-corrected chi connectivity index (χ0v) is 14.5. The van der Waals surface area contributed by atoms with Crippen LogP contribution in [0.5, 0.6) is 0 Å². The molecule has 2 amide bonds. The Morgan fingerprint density at radius 2 is 2.08 bits per heavy atom. The fraction of sp³-hybridized carbons (Fsp3) is 0.421. The van der Waals surface area contributed by atoms with Crippen LogP contribution in [-0.4, -0.2) is 42.5 Å². The summed E-state index contributed by atoms with van der Waals surface area (Å²) in [7, 11) is 3.93. The van der Waals surface area contributed by atoms with Gasteiger partial charge in [-0.2, -0.15) is 0 Å². The van der Waals surface area contributed by atoms with Crippen molar-refractivity contribution in [2.75, 3.05) is 20.6 Å². The molecule has 0 unspecified atom stereocenters. The SMILES string of the molecule is Cc1occc1CN(C)C(=O)N[C@@H]1CCN(C)[C@H]1c1ccccc1. The Bertz CT molecular complexity index is 683. The highest BCUT2D eigenvalue weighted by Crippen LogP contribution is 2.30. The number of hydrogen-bond acceptors (Lipinski definition) is 3. The number of likely N-dealkylation sites (N-methyl/N-ethyl adjacent to an activating group) is 1. The van der Waals surface area contributed by atoms with Crippen molar-refractivity contribution in [2.24, 2.45) is 0 Å². The van der Waals surface area contributed by atoms with Crippen molar-refractivity contribution in [3.63, 3.8) is 0 Å². The number of rotatable bonds is 4. The average Bonchev–Trinajstić information content (AvgIpc) is 3.14. The van der Waals surface area contributed by atoms with Gasteiger partial charge in [-0.05, 0) is 32.0 Å². The number of nitrogens with zero attached hydrogens (tertiary/aromatic N) is 2. The predicted octanol–water partition coefficient (Wildman–Crippen LogP) is 3.17. The highest BCUT2D eigenvalue weighted by Gasteiger charge is 2.34. The lowest BCUT2D eigenvalue weighted by Crippen LogP contribution is -2.45. The number of likely N-dealkylation sites (tertiary alicyclic amines) is 1. The summed E-state index contributed by atoms with van der Waals surface area (Å²) in [5.41, 5.74) is 2.28. The van der Waals surface area contributed by atoms with E-state index in [9.17, 15) is 4.79 Å². The molecule has 5 heteroatoms. The minimum absolute atomic E-state index is 0.0446. The molecule has 1 aliphatic heterocycles. The van der Waals surface area contributed by atoms with Gasteiger partial charge in [0.1, 0.15) is 5.76 Å². The molecule has 0 spiro atoms. The summed E-state index contributed by atoms with van der Waals surface area (Å²) in [4.78, 5) is 16.6. The summed E-state index contributed by atoms with van der Waals surface area (Å²) in [6.45, 7) is 3.44. The normalized spacial score (nSPS) is 21.0. The van der Waals surface area contributed by atoms with Crippen molar-refractivity contribution in [3.05, 3.63) is 59.5 Å². The van der Waals surface area contributed by atoms with Crippen LogP contribution in [0.2, 0.25) is 0 Å². The van der Waals surface area contributed by atoms with E-state index in [1.807, 2.05) is 38.2 Å². The van der Waals surface area contributed by atoms with E-state index >= 15 is 0 Å². The second-order valence-electron chi connectivity index (χ2n) is 6.54. The molecule has 2 aromatic rings. The predicted molar refractivity (Wildman–Crippen MR) is 93.7 cm³/mol. The number of furan rings is 1. The Morgan fingerprint density at radius 1 is 1.33 bits per heavy atom. The van der Waals surface area contributed by atoms with Crippen LogP contribution in [0, 0.1) is 6.92 Å². The van der Waals surface area contributed by atoms with Gasteiger partial charge in [0.2, 0.25) is 0 Å². The van der Waals surface area contributed by atoms with Crippen LogP contribution < -0.4 is 5.32 Å². The first-order chi connectivity index (χ1) is 11.6. The van der Waals surface area contributed by atoms with E-state index < -0.39 is 0 Å². The van der Waals surface area contributed by atoms with E-state index in [2.05, 4.69) is 29.4 Å². The van der Waals surface area contributed by atoms with Gasteiger partial charge >= 0.3 is 6.03 Å². The monoisotopic (exact) mass is 327 g/mol. The van der Waals surface area contributed by atoms with Crippen LogP contribution >= 0.6 is 0 Å². The van der Waals surface area contributed by atoms with Crippen molar-refractivity contribution in [1.29, 1.82) is 0 Å². The standard InChI is InChI=1S/C19H25N3O2/c1-14-16(10-12-24-14)13-22(3)19(23)20-17-9-11-21(2)18(17)15-7-5-4-6-8-15/h4-8,10,12,17-18H,9,11,13H2,1-3H3,(H,20,23)/t17-,18+/m1/s1. The Labute approximate surface area is 143 Å². The minimum atomic E-state index is -0.0446. The first kappa shape index (κ1) is 16.6. The first-order valence-electron chi connectivity index (χ1n) is 8.36. The summed E-state index contributed by atoms with van der Waals surface area (Å²) in [5, 5.41) is 3.20. The Morgan fingerprint density at radius 3 is 2.75 bits per heavy atom. The lowest BCUT2D eigenvalue weighted by molar-refractivity contribution is 0.197. The molecule has 0 saturated carbocycles. The van der Waals surface area contributed by atoms with E-state index in [0.29, 0.717) is 6.54 Å². The van der Waals surface area contributed by atoms with Crippen LogP contribution in [-0.2, 0) is 6.54 Å². The zero-order chi connectivity index (χ0) is 17.1. The highest BCUT2D eigenvalue weighted by atomic mass is 16.3. The third-order valence-corrected chi connectivity index (χ3v) is 4.82. The molecule has 1 aromatic carbocycles. The van der Waals surface area contributed by atoms with E-state index in [1.54, 1.807) is 11.2 Å². The number of carbonyl (C=O) groups is 1. The molecule has 5 nitrogen and oxygen atoms in total. The number of aryl methyl sites for hydroxylation is 1. The van der Waals surface area contributed by atoms with Crippen LogP contribution in [0.1, 0.15) is 29.3 Å². The molecule has 128 valence electrons. The molecule has 1 aliphatic rings. The van der Waals surface area contributed by atoms with Crippen molar-refractivity contribution in [3.8, 4) is 0 Å². The summed E-state index contributed by atoms with van der Waals surface area (Å²) in [6.07, 6.45) is 2.62. The van der Waals surface area contributed by atoms with Gasteiger partial charge in [0, 0.05) is 19.2 Å². The zero-order valence-electron chi connectivity index (χ0n) is 14.5. The summed E-state index contributed by atoms with van der Waals surface area (Å²) in [5.74, 6) is 0.859. The molecule has 2 atom stereocenters. The molecule has 0 radical (unpaired) electrons. The van der Waals surface area contributed by atoms with Crippen molar-refractivity contribution in [1.82, 2.24) is 15.1 Å². The number of urea groups is 1. The van der Waals surface area contributed by atoms with Crippen LogP contribution in [0.25, 0.3) is 0 Å². The molecule has 1 N–H and O–H groups in total. The quantitative estimate of drug-likeness (QED) is 0.938. The van der Waals surface area contributed by atoms with Crippen LogP contribution in [0.15, 0.2) is 47.1 Å². The maximum absolute atomic E-state index is 12.6. The number of benzene rings is 1. The smallest absolute Gasteiger partial charge is 0.317 e. The molecule has 3 rings (SSSR count). The van der Waals surface area contributed by atoms with Gasteiger partial charge in [-0.3, -0.25) is 4.90 Å². The van der Waals surface area contributed by atoms with Crippen LogP contribution in [0.3, 0.4) is 0 Å². The molecular weight excluding hydrogens is 302 g/mol. The Hall–Kier alpha value is -2.27. The van der Waals surface area contributed by atoms with Gasteiger partial charge in [0.15, 0.2) is 0 Å². The third-order valence-electron chi connectivity index (χ3n) is 4.82. The first-order valence-corrected chi connectivity index (χ1v) is 8.36. The number of hydrogen-bond donors (Lipinski definition) is 1. The van der Waals surface area contributed by atoms with Gasteiger partial charge in [0.25, 0.3) is 0 Å². The van der Waals surface area contributed by atoms with Crippen LogP contribution in [0.4, 0.5) is 4.79 Å².